The lowest BCUT2D eigenvalue weighted by molar-refractivity contribution is -0.138. The maximum atomic E-state index is 11.1. The molecule has 19 heavy (non-hydrogen) atoms. The van der Waals surface area contributed by atoms with E-state index in [0.29, 0.717) is 11.5 Å². The Morgan fingerprint density at radius 2 is 2.26 bits per heavy atom. The van der Waals surface area contributed by atoms with E-state index in [9.17, 15) is 4.79 Å². The van der Waals surface area contributed by atoms with E-state index in [1.165, 1.54) is 11.3 Å². The van der Waals surface area contributed by atoms with Crippen molar-refractivity contribution in [1.82, 2.24) is 25.2 Å². The van der Waals surface area contributed by atoms with E-state index >= 15 is 0 Å². The molecule has 0 aliphatic heterocycles. The van der Waals surface area contributed by atoms with Crippen LogP contribution in [0.25, 0.3) is 11.5 Å². The normalized spacial score (nSPS) is 13.4. The molecule has 0 bridgehead atoms. The van der Waals surface area contributed by atoms with Gasteiger partial charge in [-0.2, -0.15) is 0 Å². The summed E-state index contributed by atoms with van der Waals surface area (Å²) < 4.78 is 1.56. The van der Waals surface area contributed by atoms with Crippen molar-refractivity contribution in [2.75, 3.05) is 0 Å². The fraction of sp³-hybridized carbons (Fsp3) is 0.545. The van der Waals surface area contributed by atoms with Crippen LogP contribution in [0.15, 0.2) is 10.9 Å². The Kier molecular flexibility index (Phi) is 3.61. The van der Waals surface area contributed by atoms with Crippen molar-refractivity contribution >= 4 is 17.3 Å². The van der Waals surface area contributed by atoms with Crippen LogP contribution in [0.5, 0.6) is 0 Å². The highest BCUT2D eigenvalue weighted by Gasteiger charge is 2.32. The van der Waals surface area contributed by atoms with Gasteiger partial charge in [0.05, 0.1) is 18.0 Å². The van der Waals surface area contributed by atoms with Crippen molar-refractivity contribution in [3.8, 4) is 11.5 Å². The molecule has 102 valence electrons. The Morgan fingerprint density at radius 3 is 2.79 bits per heavy atom. The number of tetrazole rings is 1. The van der Waals surface area contributed by atoms with E-state index < -0.39 is 5.97 Å². The number of aliphatic carboxylic acids is 1. The molecular formula is C11H15N5O2S. The number of hydrogen-bond acceptors (Lipinski definition) is 6. The minimum Gasteiger partial charge on any atom is -0.481 e. The lowest BCUT2D eigenvalue weighted by Gasteiger charge is -2.29. The van der Waals surface area contributed by atoms with Gasteiger partial charge in [0.25, 0.3) is 0 Å². The number of carboxylic acids is 1. The first kappa shape index (κ1) is 13.6. The van der Waals surface area contributed by atoms with Crippen molar-refractivity contribution < 1.29 is 9.90 Å². The van der Waals surface area contributed by atoms with Crippen LogP contribution < -0.4 is 0 Å². The van der Waals surface area contributed by atoms with Gasteiger partial charge in [0, 0.05) is 5.38 Å². The van der Waals surface area contributed by atoms with Crippen molar-refractivity contribution in [2.45, 2.75) is 33.2 Å². The van der Waals surface area contributed by atoms with Gasteiger partial charge >= 0.3 is 5.97 Å². The third kappa shape index (κ3) is 2.95. The van der Waals surface area contributed by atoms with E-state index in [0.717, 1.165) is 0 Å². The molecule has 0 fully saturated rings. The SMILES string of the molecule is CC(C)(C)C(CC(=O)O)n1nnnc1-c1cscn1. The fourth-order valence-electron chi connectivity index (χ4n) is 1.82. The van der Waals surface area contributed by atoms with Gasteiger partial charge in [-0.1, -0.05) is 20.8 Å². The number of carbonyl (C=O) groups is 1. The first-order valence-corrected chi connectivity index (χ1v) is 6.72. The standard InChI is InChI=1S/C11H15N5O2S/c1-11(2,3)8(4-9(17)18)16-10(13-14-15-16)7-5-19-6-12-7/h5-6,8H,4H2,1-3H3,(H,17,18). The monoisotopic (exact) mass is 281 g/mol. The summed E-state index contributed by atoms with van der Waals surface area (Å²) in [6, 6.07) is -0.336. The number of rotatable bonds is 4. The third-order valence-electron chi connectivity index (χ3n) is 2.82. The largest absolute Gasteiger partial charge is 0.481 e. The molecule has 0 aromatic carbocycles. The summed E-state index contributed by atoms with van der Waals surface area (Å²) in [7, 11) is 0. The first-order chi connectivity index (χ1) is 8.89. The summed E-state index contributed by atoms with van der Waals surface area (Å²) in [5.41, 5.74) is 2.07. The summed E-state index contributed by atoms with van der Waals surface area (Å²) in [4.78, 5) is 15.2. The zero-order valence-electron chi connectivity index (χ0n) is 10.9. The average Bonchev–Trinajstić information content (AvgIpc) is 2.94. The average molecular weight is 281 g/mol. The highest BCUT2D eigenvalue weighted by Crippen LogP contribution is 2.35. The minimum atomic E-state index is -0.875. The van der Waals surface area contributed by atoms with Crippen molar-refractivity contribution in [3.05, 3.63) is 10.9 Å². The van der Waals surface area contributed by atoms with E-state index in [1.54, 1.807) is 10.2 Å². The maximum Gasteiger partial charge on any atom is 0.305 e. The van der Waals surface area contributed by atoms with Crippen LogP contribution in [0.2, 0.25) is 0 Å². The molecule has 0 aliphatic carbocycles. The van der Waals surface area contributed by atoms with Gasteiger partial charge in [-0.05, 0) is 15.8 Å². The second kappa shape index (κ2) is 5.04. The highest BCUT2D eigenvalue weighted by molar-refractivity contribution is 7.07. The lowest BCUT2D eigenvalue weighted by Crippen LogP contribution is -2.28. The Hall–Kier alpha value is -1.83. The minimum absolute atomic E-state index is 0.0360. The van der Waals surface area contributed by atoms with Gasteiger partial charge in [-0.15, -0.1) is 16.4 Å². The van der Waals surface area contributed by atoms with Gasteiger partial charge in [0.2, 0.25) is 5.82 Å². The summed E-state index contributed by atoms with van der Waals surface area (Å²) in [5.74, 6) is -0.373. The molecule has 0 aliphatic rings. The fourth-order valence-corrected chi connectivity index (χ4v) is 2.35. The summed E-state index contributed by atoms with van der Waals surface area (Å²) in [5, 5.41) is 22.5. The summed E-state index contributed by atoms with van der Waals surface area (Å²) >= 11 is 1.44. The number of thiazole rings is 1. The lowest BCUT2D eigenvalue weighted by atomic mass is 9.85. The zero-order chi connectivity index (χ0) is 14.0. The quantitative estimate of drug-likeness (QED) is 0.919. The van der Waals surface area contributed by atoms with Gasteiger partial charge < -0.3 is 5.11 Å². The first-order valence-electron chi connectivity index (χ1n) is 5.78. The van der Waals surface area contributed by atoms with E-state index in [1.807, 2.05) is 26.2 Å². The molecule has 0 saturated carbocycles. The van der Waals surface area contributed by atoms with Crippen molar-refractivity contribution in [2.24, 2.45) is 5.41 Å². The predicted octanol–water partition coefficient (Wildman–Crippen LogP) is 1.86. The van der Waals surface area contributed by atoms with Crippen molar-refractivity contribution in [1.29, 1.82) is 0 Å². The molecule has 0 saturated heterocycles. The van der Waals surface area contributed by atoms with E-state index in [-0.39, 0.29) is 17.9 Å². The van der Waals surface area contributed by atoms with Gasteiger partial charge in [0.15, 0.2) is 0 Å². The smallest absolute Gasteiger partial charge is 0.305 e. The van der Waals surface area contributed by atoms with E-state index in [4.69, 9.17) is 5.11 Å². The highest BCUT2D eigenvalue weighted by atomic mass is 32.1. The van der Waals surface area contributed by atoms with Gasteiger partial charge in [0.1, 0.15) is 5.69 Å². The number of nitrogens with zero attached hydrogens (tertiary/aromatic N) is 5. The van der Waals surface area contributed by atoms with Crippen LogP contribution >= 0.6 is 11.3 Å². The Labute approximate surface area is 114 Å². The number of carboxylic acid groups (broad SMARTS) is 1. The van der Waals surface area contributed by atoms with E-state index in [2.05, 4.69) is 20.5 Å². The third-order valence-corrected chi connectivity index (χ3v) is 3.40. The molecular weight excluding hydrogens is 266 g/mol. The van der Waals surface area contributed by atoms with Crippen molar-refractivity contribution in [3.63, 3.8) is 0 Å². The molecule has 0 radical (unpaired) electrons. The molecule has 0 spiro atoms. The van der Waals surface area contributed by atoms with Crippen LogP contribution in [0.4, 0.5) is 0 Å². The van der Waals surface area contributed by atoms with Gasteiger partial charge in [-0.25, -0.2) is 9.67 Å². The molecule has 1 unspecified atom stereocenters. The zero-order valence-corrected chi connectivity index (χ0v) is 11.8. The molecule has 1 atom stereocenters. The molecule has 2 heterocycles. The summed E-state index contributed by atoms with van der Waals surface area (Å²) in [6.45, 7) is 5.90. The van der Waals surface area contributed by atoms with Crippen LogP contribution in [0, 0.1) is 5.41 Å². The maximum absolute atomic E-state index is 11.1. The van der Waals surface area contributed by atoms with Crippen LogP contribution in [0.3, 0.4) is 0 Å². The topological polar surface area (TPSA) is 93.8 Å². The Morgan fingerprint density at radius 1 is 1.53 bits per heavy atom. The van der Waals surface area contributed by atoms with Crippen LogP contribution in [-0.2, 0) is 4.79 Å². The molecule has 8 heteroatoms. The Bertz CT molecular complexity index is 558. The second-order valence-corrected chi connectivity index (χ2v) is 6.02. The number of aromatic nitrogens is 5. The molecule has 0 amide bonds. The Balaban J connectivity index is 2.43. The molecule has 7 nitrogen and oxygen atoms in total. The molecule has 2 rings (SSSR count). The van der Waals surface area contributed by atoms with Crippen LogP contribution in [-0.4, -0.2) is 36.3 Å². The summed E-state index contributed by atoms with van der Waals surface area (Å²) in [6.07, 6.45) is -0.0360. The predicted molar refractivity (Wildman–Crippen MR) is 69.7 cm³/mol. The van der Waals surface area contributed by atoms with Gasteiger partial charge in [-0.3, -0.25) is 4.79 Å². The molecule has 2 aromatic heterocycles. The number of hydrogen-bond donors (Lipinski definition) is 1. The molecule has 1 N–H and O–H groups in total. The second-order valence-electron chi connectivity index (χ2n) is 5.30. The van der Waals surface area contributed by atoms with Crippen LogP contribution in [0.1, 0.15) is 33.2 Å². The molecule has 2 aromatic rings.